The number of hydrogen-bond donors (Lipinski definition) is 1. The van der Waals surface area contributed by atoms with Crippen molar-refractivity contribution in [2.24, 2.45) is 0 Å². The molecule has 1 saturated carbocycles. The summed E-state index contributed by atoms with van der Waals surface area (Å²) in [7, 11) is -7.69. The third-order valence-corrected chi connectivity index (χ3v) is 3.96. The van der Waals surface area contributed by atoms with E-state index in [-0.39, 0.29) is 51.4 Å². The fourth-order valence-corrected chi connectivity index (χ4v) is 2.42. The van der Waals surface area contributed by atoms with E-state index in [1.807, 2.05) is 0 Å². The maximum absolute atomic E-state index is 13.3. The van der Waals surface area contributed by atoms with Gasteiger partial charge in [-0.1, -0.05) is 0 Å². The topological polar surface area (TPSA) is 54.4 Å². The van der Waals surface area contributed by atoms with Gasteiger partial charge in [-0.05, 0) is 0 Å². The van der Waals surface area contributed by atoms with E-state index >= 15 is 0 Å². The molecule has 0 bridgehead atoms. The molecular formula is C6H2F11KO3S. The van der Waals surface area contributed by atoms with Gasteiger partial charge in [0.05, 0.1) is 0 Å². The molecule has 0 aromatic carbocycles. The van der Waals surface area contributed by atoms with Gasteiger partial charge < -0.3 is 0 Å². The van der Waals surface area contributed by atoms with Crippen molar-refractivity contribution in [1.82, 2.24) is 0 Å². The predicted octanol–water partition coefficient (Wildman–Crippen LogP) is 2.08. The fourth-order valence-electron chi connectivity index (χ4n) is 1.52. The van der Waals surface area contributed by atoms with Crippen molar-refractivity contribution in [2.75, 3.05) is 0 Å². The van der Waals surface area contributed by atoms with Gasteiger partial charge in [-0.3, -0.25) is 4.55 Å². The number of hydrogen-bond acceptors (Lipinski definition) is 2. The first-order valence-corrected chi connectivity index (χ1v) is 5.74. The first-order chi connectivity index (χ1) is 8.75. The number of halogens is 11. The molecule has 0 spiro atoms. The Morgan fingerprint density at radius 3 is 0.909 bits per heavy atom. The normalized spacial score (nSPS) is 30.2. The van der Waals surface area contributed by atoms with Crippen LogP contribution in [0.4, 0.5) is 48.3 Å². The van der Waals surface area contributed by atoms with E-state index in [4.69, 9.17) is 4.55 Å². The zero-order chi connectivity index (χ0) is 17.5. The summed E-state index contributed by atoms with van der Waals surface area (Å²) in [6, 6.07) is 0. The average molecular weight is 402 g/mol. The summed E-state index contributed by atoms with van der Waals surface area (Å²) in [6.45, 7) is 0. The minimum absolute atomic E-state index is 0. The molecule has 0 amide bonds. The second-order valence-electron chi connectivity index (χ2n) is 3.94. The monoisotopic (exact) mass is 402 g/mol. The van der Waals surface area contributed by atoms with Gasteiger partial charge in [0.2, 0.25) is 0 Å². The van der Waals surface area contributed by atoms with E-state index in [2.05, 4.69) is 0 Å². The Balaban J connectivity index is 0.00000441. The molecule has 1 rings (SSSR count). The molecule has 22 heavy (non-hydrogen) atoms. The van der Waals surface area contributed by atoms with Gasteiger partial charge in [0.1, 0.15) is 0 Å². The van der Waals surface area contributed by atoms with Crippen molar-refractivity contribution in [3.8, 4) is 0 Å². The molecular weight excluding hydrogens is 400 g/mol. The van der Waals surface area contributed by atoms with Gasteiger partial charge in [-0.25, -0.2) is 4.39 Å². The summed E-state index contributed by atoms with van der Waals surface area (Å²) >= 11 is 0. The molecule has 1 aliphatic carbocycles. The van der Waals surface area contributed by atoms with Crippen LogP contribution >= 0.6 is 0 Å². The van der Waals surface area contributed by atoms with Crippen molar-refractivity contribution in [1.29, 1.82) is 0 Å². The molecule has 1 aliphatic rings. The summed E-state index contributed by atoms with van der Waals surface area (Å²) < 4.78 is 169. The van der Waals surface area contributed by atoms with E-state index in [1.54, 1.807) is 0 Å². The van der Waals surface area contributed by atoms with Crippen molar-refractivity contribution in [3.63, 3.8) is 0 Å². The van der Waals surface area contributed by atoms with Crippen molar-refractivity contribution >= 4 is 61.5 Å². The van der Waals surface area contributed by atoms with Gasteiger partial charge >= 0.3 is 96.1 Å². The fraction of sp³-hybridized carbons (Fsp3) is 1.00. The van der Waals surface area contributed by atoms with E-state index in [0.29, 0.717) is 0 Å². The SMILES string of the molecule is O=S(=O)(O)C1(F)C(F)(F)C(F)(F)C(F)(F)C(F)(F)C1(F)F.[KH]. The number of rotatable bonds is 1. The molecule has 1 fully saturated rings. The zero-order valence-corrected chi connectivity index (χ0v) is 9.65. The average Bonchev–Trinajstić information content (AvgIpc) is 2.23. The van der Waals surface area contributed by atoms with Crippen LogP contribution in [0.15, 0.2) is 0 Å². The Morgan fingerprint density at radius 2 is 0.727 bits per heavy atom. The van der Waals surface area contributed by atoms with Gasteiger partial charge in [-0.2, -0.15) is 52.3 Å². The van der Waals surface area contributed by atoms with E-state index in [0.717, 1.165) is 0 Å². The van der Waals surface area contributed by atoms with Crippen LogP contribution in [0, 0.1) is 0 Å². The predicted molar refractivity (Wildman–Crippen MR) is 47.3 cm³/mol. The Hall–Kier alpha value is 0.776. The summed E-state index contributed by atoms with van der Waals surface area (Å²) in [4.78, 5) is 0. The number of alkyl halides is 11. The molecule has 0 aromatic rings. The van der Waals surface area contributed by atoms with Crippen molar-refractivity contribution in [2.45, 2.75) is 34.6 Å². The summed E-state index contributed by atoms with van der Waals surface area (Å²) in [5, 5.41) is -7.39. The molecule has 0 aliphatic heterocycles. The van der Waals surface area contributed by atoms with E-state index in [1.165, 1.54) is 0 Å². The Labute approximate surface area is 156 Å². The van der Waals surface area contributed by atoms with Gasteiger partial charge in [-0.15, -0.1) is 0 Å². The minimum atomic E-state index is -7.69. The molecule has 1 N–H and O–H groups in total. The molecule has 16 heteroatoms. The zero-order valence-electron chi connectivity index (χ0n) is 8.83. The second kappa shape index (κ2) is 5.14. The molecule has 0 radical (unpaired) electrons. The summed E-state index contributed by atoms with van der Waals surface area (Å²) in [6.07, 6.45) is 0. The molecule has 3 nitrogen and oxygen atoms in total. The van der Waals surface area contributed by atoms with Crippen LogP contribution in [0.5, 0.6) is 0 Å². The van der Waals surface area contributed by atoms with Crippen LogP contribution in [-0.4, -0.2) is 99.0 Å². The Kier molecular flexibility index (Phi) is 5.32. The Morgan fingerprint density at radius 1 is 0.545 bits per heavy atom. The molecule has 0 unspecified atom stereocenters. The third-order valence-electron chi connectivity index (χ3n) is 2.74. The van der Waals surface area contributed by atoms with Crippen LogP contribution in [0.2, 0.25) is 0 Å². The standard InChI is InChI=1S/C6HF11O3S.K.H/c7-1(8)2(9,10)4(13,14)6(17,21(18,19)20)5(15,16)3(1,11)12;;/h(H,18,19,20);;. The van der Waals surface area contributed by atoms with Gasteiger partial charge in [0.25, 0.3) is 0 Å². The molecule has 0 atom stereocenters. The van der Waals surface area contributed by atoms with Crippen LogP contribution in [0.1, 0.15) is 0 Å². The van der Waals surface area contributed by atoms with E-state index < -0.39 is 44.7 Å². The quantitative estimate of drug-likeness (QED) is 0.415. The first kappa shape index (κ1) is 22.8. The molecule has 0 heterocycles. The Bertz CT molecular complexity index is 540. The third kappa shape index (κ3) is 2.00. The van der Waals surface area contributed by atoms with Gasteiger partial charge in [0.15, 0.2) is 0 Å². The summed E-state index contributed by atoms with van der Waals surface area (Å²) in [5.74, 6) is -37.8. The molecule has 128 valence electrons. The molecule has 0 aromatic heterocycles. The van der Waals surface area contributed by atoms with Crippen LogP contribution < -0.4 is 0 Å². The van der Waals surface area contributed by atoms with Crippen molar-refractivity contribution in [3.05, 3.63) is 0 Å². The maximum atomic E-state index is 13.3. The van der Waals surface area contributed by atoms with Crippen LogP contribution in [0.3, 0.4) is 0 Å². The van der Waals surface area contributed by atoms with Gasteiger partial charge in [0, 0.05) is 0 Å². The van der Waals surface area contributed by atoms with E-state index in [9.17, 15) is 56.7 Å². The molecule has 0 saturated heterocycles. The van der Waals surface area contributed by atoms with Crippen LogP contribution in [-0.2, 0) is 10.1 Å². The summed E-state index contributed by atoms with van der Waals surface area (Å²) in [5.41, 5.74) is 0. The van der Waals surface area contributed by atoms with Crippen molar-refractivity contribution < 1.29 is 61.3 Å². The van der Waals surface area contributed by atoms with Crippen LogP contribution in [0.25, 0.3) is 0 Å². The first-order valence-electron chi connectivity index (χ1n) is 4.30. The second-order valence-corrected chi connectivity index (χ2v) is 5.45.